The second kappa shape index (κ2) is 9.02. The van der Waals surface area contributed by atoms with Crippen LogP contribution >= 0.6 is 0 Å². The molecular formula is C21H26N6O2. The molecular weight excluding hydrogens is 368 g/mol. The number of aromatic nitrogens is 3. The minimum atomic E-state index is -0.0954. The molecule has 0 bridgehead atoms. The molecule has 8 nitrogen and oxygen atoms in total. The summed E-state index contributed by atoms with van der Waals surface area (Å²) in [5.74, 6) is 0.721. The van der Waals surface area contributed by atoms with E-state index in [4.69, 9.17) is 9.84 Å². The predicted molar refractivity (Wildman–Crippen MR) is 113 cm³/mol. The number of ether oxygens (including phenoxy) is 1. The summed E-state index contributed by atoms with van der Waals surface area (Å²) in [7, 11) is 0. The van der Waals surface area contributed by atoms with E-state index in [0.29, 0.717) is 0 Å². The van der Waals surface area contributed by atoms with E-state index < -0.39 is 0 Å². The van der Waals surface area contributed by atoms with E-state index in [1.54, 1.807) is 6.20 Å². The van der Waals surface area contributed by atoms with Gasteiger partial charge in [-0.25, -0.2) is 9.50 Å². The first-order chi connectivity index (χ1) is 14.2. The molecule has 29 heavy (non-hydrogen) atoms. The summed E-state index contributed by atoms with van der Waals surface area (Å²) in [6.07, 6.45) is 2.85. The highest BCUT2D eigenvalue weighted by molar-refractivity contribution is 5.89. The number of nitrogens with zero attached hydrogens (tertiary/aromatic N) is 4. The van der Waals surface area contributed by atoms with Crippen LogP contribution in [-0.4, -0.2) is 64.8 Å². The lowest BCUT2D eigenvalue weighted by Crippen LogP contribution is -2.37. The monoisotopic (exact) mass is 394 g/mol. The Kier molecular flexibility index (Phi) is 6.02. The van der Waals surface area contributed by atoms with Crippen LogP contribution < -0.4 is 10.6 Å². The average Bonchev–Trinajstić information content (AvgIpc) is 3.15. The van der Waals surface area contributed by atoms with Gasteiger partial charge in [-0.1, -0.05) is 12.1 Å². The fraction of sp³-hybridized carbons (Fsp3) is 0.381. The molecule has 0 radical (unpaired) electrons. The second-order valence-corrected chi connectivity index (χ2v) is 7.13. The van der Waals surface area contributed by atoms with Crippen molar-refractivity contribution in [2.45, 2.75) is 13.3 Å². The number of hydrogen-bond acceptors (Lipinski definition) is 6. The third kappa shape index (κ3) is 4.90. The fourth-order valence-electron chi connectivity index (χ4n) is 3.47. The summed E-state index contributed by atoms with van der Waals surface area (Å²) in [5, 5.41) is 10.9. The van der Waals surface area contributed by atoms with E-state index in [1.807, 2.05) is 40.9 Å². The lowest BCUT2D eigenvalue weighted by atomic mass is 10.1. The van der Waals surface area contributed by atoms with Crippen molar-refractivity contribution >= 4 is 23.1 Å². The Morgan fingerprint density at radius 1 is 1.21 bits per heavy atom. The molecule has 152 valence electrons. The van der Waals surface area contributed by atoms with Gasteiger partial charge in [0.05, 0.1) is 25.1 Å². The molecule has 0 unspecified atom stereocenters. The van der Waals surface area contributed by atoms with Gasteiger partial charge in [0, 0.05) is 37.8 Å². The lowest BCUT2D eigenvalue weighted by molar-refractivity contribution is -0.114. The van der Waals surface area contributed by atoms with Gasteiger partial charge in [-0.2, -0.15) is 0 Å². The van der Waals surface area contributed by atoms with Crippen LogP contribution in [0.5, 0.6) is 0 Å². The van der Waals surface area contributed by atoms with Crippen molar-refractivity contribution in [2.24, 2.45) is 0 Å². The Bertz CT molecular complexity index is 980. The Labute approximate surface area is 169 Å². The largest absolute Gasteiger partial charge is 0.379 e. The van der Waals surface area contributed by atoms with Crippen molar-refractivity contribution in [1.82, 2.24) is 19.5 Å². The van der Waals surface area contributed by atoms with Crippen molar-refractivity contribution in [2.75, 3.05) is 50.0 Å². The molecule has 1 aliphatic heterocycles. The summed E-state index contributed by atoms with van der Waals surface area (Å²) in [6, 6.07) is 11.6. The van der Waals surface area contributed by atoms with Crippen LogP contribution in [0.1, 0.15) is 13.3 Å². The van der Waals surface area contributed by atoms with Crippen LogP contribution in [0.15, 0.2) is 42.6 Å². The van der Waals surface area contributed by atoms with Gasteiger partial charge in [-0.3, -0.25) is 9.69 Å². The number of rotatable bonds is 7. The van der Waals surface area contributed by atoms with Gasteiger partial charge in [-0.15, -0.1) is 5.10 Å². The molecule has 4 rings (SSSR count). The Morgan fingerprint density at radius 2 is 2.07 bits per heavy atom. The van der Waals surface area contributed by atoms with Gasteiger partial charge >= 0.3 is 0 Å². The van der Waals surface area contributed by atoms with E-state index in [-0.39, 0.29) is 5.91 Å². The zero-order valence-electron chi connectivity index (χ0n) is 16.6. The van der Waals surface area contributed by atoms with Crippen molar-refractivity contribution in [3.8, 4) is 11.3 Å². The highest BCUT2D eigenvalue weighted by Gasteiger charge is 2.11. The number of carbonyl (C=O) groups excluding carboxylic acids is 1. The first-order valence-corrected chi connectivity index (χ1v) is 9.96. The van der Waals surface area contributed by atoms with Crippen LogP contribution in [0.2, 0.25) is 0 Å². The van der Waals surface area contributed by atoms with Crippen molar-refractivity contribution < 1.29 is 9.53 Å². The zero-order chi connectivity index (χ0) is 20.1. The third-order valence-electron chi connectivity index (χ3n) is 4.90. The first kappa shape index (κ1) is 19.4. The second-order valence-electron chi connectivity index (χ2n) is 7.13. The van der Waals surface area contributed by atoms with E-state index in [2.05, 4.69) is 20.5 Å². The maximum absolute atomic E-state index is 11.3. The summed E-state index contributed by atoms with van der Waals surface area (Å²) in [4.78, 5) is 18.2. The molecule has 0 atom stereocenters. The van der Waals surface area contributed by atoms with Crippen LogP contribution in [0.3, 0.4) is 0 Å². The van der Waals surface area contributed by atoms with E-state index in [0.717, 1.165) is 74.2 Å². The highest BCUT2D eigenvalue weighted by atomic mass is 16.5. The summed E-state index contributed by atoms with van der Waals surface area (Å²) < 4.78 is 7.22. The SMILES string of the molecule is CC(=O)Nc1cccc(-c2cnc3ccc(NCCCN4CCOCC4)nn23)c1. The van der Waals surface area contributed by atoms with E-state index in [1.165, 1.54) is 6.92 Å². The van der Waals surface area contributed by atoms with Crippen molar-refractivity contribution in [3.05, 3.63) is 42.6 Å². The van der Waals surface area contributed by atoms with Crippen LogP contribution in [0.25, 0.3) is 16.9 Å². The molecule has 0 aliphatic carbocycles. The minimum Gasteiger partial charge on any atom is -0.379 e. The minimum absolute atomic E-state index is 0.0954. The van der Waals surface area contributed by atoms with Gasteiger partial charge < -0.3 is 15.4 Å². The van der Waals surface area contributed by atoms with Gasteiger partial charge in [-0.05, 0) is 37.2 Å². The molecule has 1 aromatic carbocycles. The van der Waals surface area contributed by atoms with Crippen LogP contribution in [-0.2, 0) is 9.53 Å². The summed E-state index contributed by atoms with van der Waals surface area (Å²) in [6.45, 7) is 7.11. The maximum Gasteiger partial charge on any atom is 0.221 e. The number of morpholine rings is 1. The number of fused-ring (bicyclic) bond motifs is 1. The normalized spacial score (nSPS) is 14.8. The molecule has 1 amide bonds. The molecule has 3 heterocycles. The molecule has 1 aliphatic rings. The summed E-state index contributed by atoms with van der Waals surface area (Å²) >= 11 is 0. The third-order valence-corrected chi connectivity index (χ3v) is 4.90. The zero-order valence-corrected chi connectivity index (χ0v) is 16.6. The number of amides is 1. The predicted octanol–water partition coefficient (Wildman–Crippen LogP) is 2.49. The van der Waals surface area contributed by atoms with Gasteiger partial charge in [0.15, 0.2) is 5.65 Å². The number of anilines is 2. The number of nitrogens with one attached hydrogen (secondary N) is 2. The van der Waals surface area contributed by atoms with Crippen LogP contribution in [0.4, 0.5) is 11.5 Å². The number of carbonyl (C=O) groups is 1. The number of imidazole rings is 1. The summed E-state index contributed by atoms with van der Waals surface area (Å²) in [5.41, 5.74) is 3.36. The number of hydrogen-bond donors (Lipinski definition) is 2. The van der Waals surface area contributed by atoms with Crippen molar-refractivity contribution in [1.29, 1.82) is 0 Å². The number of benzene rings is 1. The first-order valence-electron chi connectivity index (χ1n) is 9.96. The van der Waals surface area contributed by atoms with Gasteiger partial charge in [0.2, 0.25) is 5.91 Å². The molecule has 2 aromatic heterocycles. The molecule has 0 saturated carbocycles. The molecule has 2 N–H and O–H groups in total. The smallest absolute Gasteiger partial charge is 0.221 e. The lowest BCUT2D eigenvalue weighted by Gasteiger charge is -2.26. The molecule has 1 fully saturated rings. The van der Waals surface area contributed by atoms with E-state index >= 15 is 0 Å². The Balaban J connectivity index is 1.44. The average molecular weight is 394 g/mol. The molecule has 8 heteroatoms. The molecule has 0 spiro atoms. The molecule has 1 saturated heterocycles. The van der Waals surface area contributed by atoms with Crippen LogP contribution in [0, 0.1) is 0 Å². The highest BCUT2D eigenvalue weighted by Crippen LogP contribution is 2.23. The topological polar surface area (TPSA) is 83.8 Å². The van der Waals surface area contributed by atoms with E-state index in [9.17, 15) is 4.79 Å². The van der Waals surface area contributed by atoms with Gasteiger partial charge in [0.25, 0.3) is 0 Å². The Morgan fingerprint density at radius 3 is 2.90 bits per heavy atom. The maximum atomic E-state index is 11.3. The van der Waals surface area contributed by atoms with Gasteiger partial charge in [0.1, 0.15) is 5.82 Å². The quantitative estimate of drug-likeness (QED) is 0.599. The van der Waals surface area contributed by atoms with Crippen molar-refractivity contribution in [3.63, 3.8) is 0 Å². The molecule has 3 aromatic rings. The Hall–Kier alpha value is -2.97. The standard InChI is InChI=1S/C21H26N6O2/c1-16(28)24-18-5-2-4-17(14-18)19-15-23-21-7-6-20(25-27(19)21)22-8-3-9-26-10-12-29-13-11-26/h2,4-7,14-15H,3,8-13H2,1H3,(H,22,25)(H,24,28). The fourth-order valence-corrected chi connectivity index (χ4v) is 3.47.